The van der Waals surface area contributed by atoms with Gasteiger partial charge < -0.3 is 20.3 Å². The second-order valence-corrected chi connectivity index (χ2v) is 9.73. The van der Waals surface area contributed by atoms with Crippen LogP contribution in [0.2, 0.25) is 0 Å². The van der Waals surface area contributed by atoms with Crippen LogP contribution >= 0.6 is 24.0 Å². The molecule has 1 atom stereocenters. The number of hydrogen-bond acceptors (Lipinski definition) is 5. The SMILES string of the molecule is CCNC(=NCC(C)Oc1ccccc1F)NC1CCN(CCS(C)(=O)=O)CC1.I. The van der Waals surface area contributed by atoms with Crippen molar-refractivity contribution in [2.75, 3.05) is 44.7 Å². The predicted octanol–water partition coefficient (Wildman–Crippen LogP) is 2.28. The van der Waals surface area contributed by atoms with E-state index in [4.69, 9.17) is 4.74 Å². The number of ether oxygens (including phenoxy) is 1. The Morgan fingerprint density at radius 1 is 1.33 bits per heavy atom. The van der Waals surface area contributed by atoms with Gasteiger partial charge in [-0.25, -0.2) is 17.8 Å². The minimum absolute atomic E-state index is 0. The van der Waals surface area contributed by atoms with Crippen molar-refractivity contribution < 1.29 is 17.5 Å². The lowest BCUT2D eigenvalue weighted by Crippen LogP contribution is -2.49. The van der Waals surface area contributed by atoms with Crippen molar-refractivity contribution in [2.45, 2.75) is 38.8 Å². The van der Waals surface area contributed by atoms with Crippen LogP contribution < -0.4 is 15.4 Å². The van der Waals surface area contributed by atoms with Gasteiger partial charge in [-0.05, 0) is 38.8 Å². The van der Waals surface area contributed by atoms with E-state index in [-0.39, 0.29) is 53.4 Å². The molecule has 1 aromatic rings. The Bertz CT molecular complexity index is 771. The summed E-state index contributed by atoms with van der Waals surface area (Å²) in [7, 11) is -2.93. The number of rotatable bonds is 9. The van der Waals surface area contributed by atoms with Gasteiger partial charge in [0.1, 0.15) is 15.9 Å². The van der Waals surface area contributed by atoms with E-state index in [0.717, 1.165) is 32.5 Å². The Balaban J connectivity index is 0.00000450. The molecule has 0 bridgehead atoms. The number of halogens is 2. The fraction of sp³-hybridized carbons (Fsp3) is 0.650. The maximum absolute atomic E-state index is 13.7. The number of sulfone groups is 1. The molecular weight excluding hydrogens is 522 g/mol. The molecular formula is C20H34FIN4O3S. The van der Waals surface area contributed by atoms with Gasteiger partial charge in [0.2, 0.25) is 0 Å². The summed E-state index contributed by atoms with van der Waals surface area (Å²) in [6, 6.07) is 6.63. The van der Waals surface area contributed by atoms with Crippen LogP contribution in [-0.4, -0.2) is 76.2 Å². The van der Waals surface area contributed by atoms with E-state index in [1.807, 2.05) is 13.8 Å². The molecule has 0 amide bonds. The third kappa shape index (κ3) is 10.3. The van der Waals surface area contributed by atoms with Crippen LogP contribution in [0.1, 0.15) is 26.7 Å². The van der Waals surface area contributed by atoms with E-state index >= 15 is 0 Å². The van der Waals surface area contributed by atoms with Gasteiger partial charge in [-0.2, -0.15) is 0 Å². The molecule has 1 saturated heterocycles. The molecule has 1 fully saturated rings. The Morgan fingerprint density at radius 2 is 2.00 bits per heavy atom. The van der Waals surface area contributed by atoms with E-state index in [1.54, 1.807) is 18.2 Å². The van der Waals surface area contributed by atoms with Crippen molar-refractivity contribution in [3.05, 3.63) is 30.1 Å². The number of benzene rings is 1. The van der Waals surface area contributed by atoms with Crippen LogP contribution in [0.3, 0.4) is 0 Å². The summed E-state index contributed by atoms with van der Waals surface area (Å²) in [6.45, 7) is 7.31. The van der Waals surface area contributed by atoms with Gasteiger partial charge in [-0.15, -0.1) is 24.0 Å². The average Bonchev–Trinajstić information content (AvgIpc) is 2.67. The topological polar surface area (TPSA) is 83.0 Å². The summed E-state index contributed by atoms with van der Waals surface area (Å²) in [5, 5.41) is 6.68. The quantitative estimate of drug-likeness (QED) is 0.276. The largest absolute Gasteiger partial charge is 0.486 e. The summed E-state index contributed by atoms with van der Waals surface area (Å²) >= 11 is 0. The van der Waals surface area contributed by atoms with Crippen molar-refractivity contribution in [3.63, 3.8) is 0 Å². The highest BCUT2D eigenvalue weighted by Crippen LogP contribution is 2.17. The zero-order valence-corrected chi connectivity index (χ0v) is 21.1. The Kier molecular flexibility index (Phi) is 11.9. The van der Waals surface area contributed by atoms with Gasteiger partial charge in [0.25, 0.3) is 0 Å². The Morgan fingerprint density at radius 3 is 2.60 bits per heavy atom. The zero-order chi connectivity index (χ0) is 21.3. The monoisotopic (exact) mass is 556 g/mol. The van der Waals surface area contributed by atoms with E-state index < -0.39 is 9.84 Å². The number of guanidine groups is 1. The van der Waals surface area contributed by atoms with Gasteiger partial charge in [-0.1, -0.05) is 12.1 Å². The predicted molar refractivity (Wildman–Crippen MR) is 130 cm³/mol. The fourth-order valence-electron chi connectivity index (χ4n) is 3.12. The van der Waals surface area contributed by atoms with Gasteiger partial charge in [-0.3, -0.25) is 0 Å². The average molecular weight is 556 g/mol. The molecule has 0 aliphatic carbocycles. The Labute approximate surface area is 196 Å². The molecule has 30 heavy (non-hydrogen) atoms. The highest BCUT2D eigenvalue weighted by atomic mass is 127. The van der Waals surface area contributed by atoms with Crippen LogP contribution in [0, 0.1) is 5.82 Å². The van der Waals surface area contributed by atoms with Gasteiger partial charge in [0, 0.05) is 38.5 Å². The summed E-state index contributed by atoms with van der Waals surface area (Å²) < 4.78 is 42.0. The van der Waals surface area contributed by atoms with Gasteiger partial charge in [0.15, 0.2) is 17.5 Å². The molecule has 1 aliphatic heterocycles. The number of nitrogens with zero attached hydrogens (tertiary/aromatic N) is 2. The molecule has 1 aromatic carbocycles. The summed E-state index contributed by atoms with van der Waals surface area (Å²) in [5.74, 6) is 0.770. The highest BCUT2D eigenvalue weighted by Gasteiger charge is 2.20. The molecule has 1 heterocycles. The number of nitrogens with one attached hydrogen (secondary N) is 2. The first kappa shape index (κ1) is 26.9. The normalized spacial score (nSPS) is 17.1. The van der Waals surface area contributed by atoms with Crippen LogP contribution in [0.4, 0.5) is 4.39 Å². The smallest absolute Gasteiger partial charge is 0.191 e. The molecule has 172 valence electrons. The molecule has 1 aliphatic rings. The van der Waals surface area contributed by atoms with Crippen molar-refractivity contribution in [3.8, 4) is 5.75 Å². The number of para-hydroxylation sites is 1. The molecule has 7 nitrogen and oxygen atoms in total. The van der Waals surface area contributed by atoms with Crippen molar-refractivity contribution in [2.24, 2.45) is 4.99 Å². The summed E-state index contributed by atoms with van der Waals surface area (Å²) in [6.07, 6.45) is 2.86. The number of piperidine rings is 1. The maximum atomic E-state index is 13.7. The number of aliphatic imine (C=N–C) groups is 1. The first-order valence-corrected chi connectivity index (χ1v) is 12.2. The first-order chi connectivity index (χ1) is 13.8. The van der Waals surface area contributed by atoms with Gasteiger partial charge >= 0.3 is 0 Å². The lowest BCUT2D eigenvalue weighted by Gasteiger charge is -2.33. The molecule has 0 radical (unpaired) electrons. The highest BCUT2D eigenvalue weighted by molar-refractivity contribution is 14.0. The molecule has 0 aromatic heterocycles. The summed E-state index contributed by atoms with van der Waals surface area (Å²) in [5.41, 5.74) is 0. The molecule has 10 heteroatoms. The number of hydrogen-bond donors (Lipinski definition) is 2. The standard InChI is InChI=1S/C20H33FN4O3S.HI/c1-4-22-20(23-15-16(2)28-19-8-6-5-7-18(19)21)24-17-9-11-25(12-10-17)13-14-29(3,26)27;/h5-8,16-17H,4,9-15H2,1-3H3,(H2,22,23,24);1H. The lowest BCUT2D eigenvalue weighted by atomic mass is 10.1. The van der Waals surface area contributed by atoms with Crippen LogP contribution in [0.15, 0.2) is 29.3 Å². The molecule has 0 spiro atoms. The molecule has 0 saturated carbocycles. The molecule has 1 unspecified atom stereocenters. The van der Waals surface area contributed by atoms with E-state index in [1.165, 1.54) is 12.3 Å². The Hall–Kier alpha value is -1.14. The fourth-order valence-corrected chi connectivity index (χ4v) is 3.71. The van der Waals surface area contributed by atoms with Crippen molar-refractivity contribution in [1.82, 2.24) is 15.5 Å². The van der Waals surface area contributed by atoms with Gasteiger partial charge in [0.05, 0.1) is 12.3 Å². The number of likely N-dealkylation sites (tertiary alicyclic amines) is 1. The minimum atomic E-state index is -2.93. The van der Waals surface area contributed by atoms with Crippen LogP contribution in [0.25, 0.3) is 0 Å². The van der Waals surface area contributed by atoms with Crippen LogP contribution in [0.5, 0.6) is 5.75 Å². The first-order valence-electron chi connectivity index (χ1n) is 10.1. The minimum Gasteiger partial charge on any atom is -0.486 e. The molecule has 2 N–H and O–H groups in total. The van der Waals surface area contributed by atoms with E-state index in [2.05, 4.69) is 20.5 Å². The maximum Gasteiger partial charge on any atom is 0.191 e. The zero-order valence-electron chi connectivity index (χ0n) is 17.9. The second kappa shape index (κ2) is 13.3. The molecule has 2 rings (SSSR count). The van der Waals surface area contributed by atoms with Crippen LogP contribution in [-0.2, 0) is 9.84 Å². The van der Waals surface area contributed by atoms with E-state index in [9.17, 15) is 12.8 Å². The van der Waals surface area contributed by atoms with Crippen molar-refractivity contribution in [1.29, 1.82) is 0 Å². The second-order valence-electron chi connectivity index (χ2n) is 7.47. The van der Waals surface area contributed by atoms with Crippen molar-refractivity contribution >= 4 is 39.8 Å². The third-order valence-electron chi connectivity index (χ3n) is 4.72. The summed E-state index contributed by atoms with van der Waals surface area (Å²) in [4.78, 5) is 6.76. The third-order valence-corrected chi connectivity index (χ3v) is 5.65. The van der Waals surface area contributed by atoms with E-state index in [0.29, 0.717) is 19.0 Å². The lowest BCUT2D eigenvalue weighted by molar-refractivity contribution is 0.214.